The summed E-state index contributed by atoms with van der Waals surface area (Å²) in [6.45, 7) is 0.358. The van der Waals surface area contributed by atoms with Crippen LogP contribution in [0.2, 0.25) is 0 Å². The number of nitrogens with zero attached hydrogens (tertiary/aromatic N) is 1. The van der Waals surface area contributed by atoms with Gasteiger partial charge in [0, 0.05) is 6.20 Å². The Labute approximate surface area is 109 Å². The lowest BCUT2D eigenvalue weighted by atomic mass is 10.1. The Morgan fingerprint density at radius 3 is 2.89 bits per heavy atom. The first-order valence-electron chi connectivity index (χ1n) is 5.82. The number of fused-ring (bicyclic) bond motifs is 1. The molecule has 0 spiro atoms. The van der Waals surface area contributed by atoms with E-state index in [9.17, 15) is 4.79 Å². The molecule has 0 amide bonds. The third-order valence-corrected chi connectivity index (χ3v) is 2.87. The van der Waals surface area contributed by atoms with Crippen molar-refractivity contribution in [3.63, 3.8) is 0 Å². The Morgan fingerprint density at radius 2 is 2.16 bits per heavy atom. The lowest BCUT2D eigenvalue weighted by Gasteiger charge is -2.26. The molecule has 0 aliphatic carbocycles. The third-order valence-electron chi connectivity index (χ3n) is 2.87. The summed E-state index contributed by atoms with van der Waals surface area (Å²) in [5, 5.41) is 8.96. The molecule has 1 aromatic carbocycles. The molecule has 0 fully saturated rings. The average molecular weight is 257 g/mol. The van der Waals surface area contributed by atoms with Crippen molar-refractivity contribution in [2.75, 3.05) is 6.61 Å². The van der Waals surface area contributed by atoms with E-state index in [0.29, 0.717) is 18.1 Å². The normalized spacial score (nSPS) is 16.9. The van der Waals surface area contributed by atoms with Crippen LogP contribution in [0.1, 0.15) is 22.2 Å². The maximum absolute atomic E-state index is 10.9. The molecule has 1 aromatic heterocycles. The number of aromatic carboxylic acids is 1. The number of hydrogen-bond acceptors (Lipinski definition) is 4. The smallest absolute Gasteiger partial charge is 0.335 e. The van der Waals surface area contributed by atoms with Crippen molar-refractivity contribution in [1.82, 2.24) is 4.98 Å². The molecule has 2 aromatic rings. The van der Waals surface area contributed by atoms with Crippen LogP contribution >= 0.6 is 0 Å². The number of aromatic nitrogens is 1. The van der Waals surface area contributed by atoms with Crippen LogP contribution in [0.15, 0.2) is 42.6 Å². The summed E-state index contributed by atoms with van der Waals surface area (Å²) in [6, 6.07) is 10.1. The molecule has 2 heterocycles. The van der Waals surface area contributed by atoms with Gasteiger partial charge >= 0.3 is 5.97 Å². The van der Waals surface area contributed by atoms with Gasteiger partial charge in [-0.15, -0.1) is 0 Å². The predicted molar refractivity (Wildman–Crippen MR) is 66.5 cm³/mol. The van der Waals surface area contributed by atoms with Crippen molar-refractivity contribution in [2.24, 2.45) is 0 Å². The first-order valence-corrected chi connectivity index (χ1v) is 5.82. The fraction of sp³-hybridized carbons (Fsp3) is 0.143. The van der Waals surface area contributed by atoms with Gasteiger partial charge in [-0.25, -0.2) is 4.79 Å². The summed E-state index contributed by atoms with van der Waals surface area (Å²) in [7, 11) is 0. The zero-order valence-electron chi connectivity index (χ0n) is 9.95. The number of carboxylic acid groups (broad SMARTS) is 1. The first-order chi connectivity index (χ1) is 9.24. The highest BCUT2D eigenvalue weighted by atomic mass is 16.6. The van der Waals surface area contributed by atoms with Crippen molar-refractivity contribution in [3.8, 4) is 11.5 Å². The second kappa shape index (κ2) is 4.61. The van der Waals surface area contributed by atoms with Gasteiger partial charge in [0.1, 0.15) is 6.61 Å². The molecule has 3 rings (SSSR count). The van der Waals surface area contributed by atoms with Crippen LogP contribution < -0.4 is 9.47 Å². The molecule has 0 saturated heterocycles. The number of carboxylic acids is 1. The molecule has 0 radical (unpaired) electrons. The highest BCUT2D eigenvalue weighted by Crippen LogP contribution is 2.36. The highest BCUT2D eigenvalue weighted by molar-refractivity contribution is 5.88. The Morgan fingerprint density at radius 1 is 1.26 bits per heavy atom. The molecule has 0 saturated carbocycles. The second-order valence-corrected chi connectivity index (χ2v) is 4.14. The molecular formula is C14H11NO4. The zero-order valence-corrected chi connectivity index (χ0v) is 9.95. The Balaban J connectivity index is 1.90. The standard InChI is InChI=1S/C14H11NO4/c16-14(17)9-4-5-11-12(7-9)19-13(8-18-11)10-3-1-2-6-15-10/h1-7,13H,8H2,(H,16,17). The molecule has 5 heteroatoms. The van der Waals surface area contributed by atoms with Gasteiger partial charge in [-0.1, -0.05) is 6.07 Å². The van der Waals surface area contributed by atoms with Crippen molar-refractivity contribution < 1.29 is 19.4 Å². The average Bonchev–Trinajstić information content (AvgIpc) is 2.47. The maximum Gasteiger partial charge on any atom is 0.335 e. The van der Waals surface area contributed by atoms with Crippen molar-refractivity contribution in [2.45, 2.75) is 6.10 Å². The number of pyridine rings is 1. The van der Waals surface area contributed by atoms with E-state index in [-0.39, 0.29) is 11.7 Å². The van der Waals surface area contributed by atoms with E-state index in [4.69, 9.17) is 14.6 Å². The molecule has 96 valence electrons. The number of hydrogen-bond donors (Lipinski definition) is 1. The van der Waals surface area contributed by atoms with E-state index < -0.39 is 5.97 Å². The lowest BCUT2D eigenvalue weighted by Crippen LogP contribution is -2.22. The highest BCUT2D eigenvalue weighted by Gasteiger charge is 2.24. The summed E-state index contributed by atoms with van der Waals surface area (Å²) in [5.74, 6) is -0.00894. The molecule has 1 aliphatic rings. The van der Waals surface area contributed by atoms with Gasteiger partial charge in [-0.3, -0.25) is 4.98 Å². The fourth-order valence-electron chi connectivity index (χ4n) is 1.92. The van der Waals surface area contributed by atoms with Crippen molar-refractivity contribution >= 4 is 5.97 Å². The van der Waals surface area contributed by atoms with E-state index in [1.807, 2.05) is 18.2 Å². The van der Waals surface area contributed by atoms with Crippen molar-refractivity contribution in [3.05, 3.63) is 53.9 Å². The van der Waals surface area contributed by atoms with E-state index in [1.165, 1.54) is 12.1 Å². The van der Waals surface area contributed by atoms with Gasteiger partial charge in [0.25, 0.3) is 0 Å². The van der Waals surface area contributed by atoms with E-state index in [0.717, 1.165) is 5.69 Å². The molecule has 5 nitrogen and oxygen atoms in total. The van der Waals surface area contributed by atoms with Crippen LogP contribution in [0.3, 0.4) is 0 Å². The topological polar surface area (TPSA) is 68.7 Å². The fourth-order valence-corrected chi connectivity index (χ4v) is 1.92. The molecular weight excluding hydrogens is 246 g/mol. The monoisotopic (exact) mass is 257 g/mol. The van der Waals surface area contributed by atoms with Crippen molar-refractivity contribution in [1.29, 1.82) is 0 Å². The van der Waals surface area contributed by atoms with E-state index >= 15 is 0 Å². The number of carbonyl (C=O) groups is 1. The van der Waals surface area contributed by atoms with Gasteiger partial charge in [0.15, 0.2) is 17.6 Å². The number of ether oxygens (including phenoxy) is 2. The van der Waals surface area contributed by atoms with Crippen LogP contribution in [0.5, 0.6) is 11.5 Å². The minimum Gasteiger partial charge on any atom is -0.485 e. The molecule has 1 atom stereocenters. The molecule has 19 heavy (non-hydrogen) atoms. The SMILES string of the molecule is O=C(O)c1ccc2c(c1)OC(c1ccccn1)CO2. The predicted octanol–water partition coefficient (Wildman–Crippen LogP) is 2.29. The number of benzene rings is 1. The molecule has 1 aliphatic heterocycles. The first kappa shape index (κ1) is 11.5. The minimum absolute atomic E-state index is 0.170. The summed E-state index contributed by atoms with van der Waals surface area (Å²) >= 11 is 0. The Kier molecular flexibility index (Phi) is 2.79. The van der Waals surface area contributed by atoms with E-state index in [2.05, 4.69) is 4.98 Å². The maximum atomic E-state index is 10.9. The van der Waals surface area contributed by atoms with Crippen LogP contribution in [-0.2, 0) is 0 Å². The van der Waals surface area contributed by atoms with E-state index in [1.54, 1.807) is 12.3 Å². The van der Waals surface area contributed by atoms with Gasteiger partial charge in [-0.05, 0) is 30.3 Å². The molecule has 1 unspecified atom stereocenters. The summed E-state index contributed by atoms with van der Waals surface area (Å²) in [4.78, 5) is 15.1. The van der Waals surface area contributed by atoms with Crippen LogP contribution in [0.25, 0.3) is 0 Å². The van der Waals surface area contributed by atoms with Crippen LogP contribution in [0, 0.1) is 0 Å². The third kappa shape index (κ3) is 2.22. The van der Waals surface area contributed by atoms with Crippen LogP contribution in [-0.4, -0.2) is 22.7 Å². The zero-order chi connectivity index (χ0) is 13.2. The quantitative estimate of drug-likeness (QED) is 0.893. The Hall–Kier alpha value is -2.56. The summed E-state index contributed by atoms with van der Waals surface area (Å²) < 4.78 is 11.3. The van der Waals surface area contributed by atoms with Gasteiger partial charge in [0.2, 0.25) is 0 Å². The Bertz CT molecular complexity index is 612. The number of rotatable bonds is 2. The second-order valence-electron chi connectivity index (χ2n) is 4.14. The van der Waals surface area contributed by atoms with Gasteiger partial charge in [-0.2, -0.15) is 0 Å². The van der Waals surface area contributed by atoms with Gasteiger partial charge in [0.05, 0.1) is 11.3 Å². The molecule has 0 bridgehead atoms. The summed E-state index contributed by atoms with van der Waals surface area (Å²) in [6.07, 6.45) is 1.36. The minimum atomic E-state index is -0.994. The molecule has 1 N–H and O–H groups in total. The van der Waals surface area contributed by atoms with Gasteiger partial charge < -0.3 is 14.6 Å². The summed E-state index contributed by atoms with van der Waals surface area (Å²) in [5.41, 5.74) is 0.929. The largest absolute Gasteiger partial charge is 0.485 e. The lowest BCUT2D eigenvalue weighted by molar-refractivity contribution is 0.0690. The van der Waals surface area contributed by atoms with Crippen LogP contribution in [0.4, 0.5) is 0 Å².